The lowest BCUT2D eigenvalue weighted by molar-refractivity contribution is 0.146. The zero-order valence-electron chi connectivity index (χ0n) is 11.8. The third-order valence-electron chi connectivity index (χ3n) is 3.82. The molecule has 3 rings (SSSR count). The Balaban J connectivity index is 1.61. The van der Waals surface area contributed by atoms with Gasteiger partial charge in [0, 0.05) is 13.0 Å². The lowest BCUT2D eigenvalue weighted by Crippen LogP contribution is -2.39. The van der Waals surface area contributed by atoms with Crippen LogP contribution in [0.4, 0.5) is 0 Å². The van der Waals surface area contributed by atoms with Gasteiger partial charge in [-0.15, -0.1) is 0 Å². The molecular formula is C18H21NO. The Kier molecular flexibility index (Phi) is 4.34. The van der Waals surface area contributed by atoms with Gasteiger partial charge in [0.1, 0.15) is 12.4 Å². The first kappa shape index (κ1) is 13.2. The van der Waals surface area contributed by atoms with E-state index in [-0.39, 0.29) is 0 Å². The number of hydrogen-bond acceptors (Lipinski definition) is 2. The minimum absolute atomic E-state index is 0.784. The van der Waals surface area contributed by atoms with E-state index in [1.807, 2.05) is 6.07 Å². The maximum atomic E-state index is 5.97. The zero-order valence-corrected chi connectivity index (χ0v) is 11.8. The van der Waals surface area contributed by atoms with E-state index in [0.29, 0.717) is 0 Å². The molecule has 0 aliphatic carbocycles. The molecule has 0 N–H and O–H groups in total. The average Bonchev–Trinajstić information content (AvgIpc) is 2.44. The van der Waals surface area contributed by atoms with E-state index in [2.05, 4.69) is 53.4 Å². The first-order valence-electron chi connectivity index (χ1n) is 7.39. The van der Waals surface area contributed by atoms with Gasteiger partial charge in [-0.25, -0.2) is 0 Å². The third kappa shape index (κ3) is 3.40. The summed E-state index contributed by atoms with van der Waals surface area (Å²) >= 11 is 0. The second-order valence-electron chi connectivity index (χ2n) is 5.31. The van der Waals surface area contributed by atoms with Crippen LogP contribution in [0, 0.1) is 0 Å². The molecule has 20 heavy (non-hydrogen) atoms. The fourth-order valence-electron chi connectivity index (χ4n) is 2.50. The zero-order chi connectivity index (χ0) is 13.6. The molecule has 0 aromatic heterocycles. The highest BCUT2D eigenvalue weighted by atomic mass is 16.5. The summed E-state index contributed by atoms with van der Waals surface area (Å²) < 4.78 is 5.97. The van der Waals surface area contributed by atoms with Crippen LogP contribution in [-0.2, 0) is 6.42 Å². The van der Waals surface area contributed by atoms with Gasteiger partial charge in [-0.1, -0.05) is 48.5 Å². The molecule has 2 nitrogen and oxygen atoms in total. The highest BCUT2D eigenvalue weighted by Gasteiger charge is 2.13. The number of para-hydroxylation sites is 1. The lowest BCUT2D eigenvalue weighted by Gasteiger charge is -2.30. The summed E-state index contributed by atoms with van der Waals surface area (Å²) in [6, 6.07) is 18.9. The molecule has 1 aliphatic rings. The Morgan fingerprint density at radius 2 is 1.65 bits per heavy atom. The van der Waals surface area contributed by atoms with Gasteiger partial charge in [0.2, 0.25) is 0 Å². The summed E-state index contributed by atoms with van der Waals surface area (Å²) in [7, 11) is 0. The first-order valence-corrected chi connectivity index (χ1v) is 7.39. The number of ether oxygens (including phenoxy) is 1. The van der Waals surface area contributed by atoms with Gasteiger partial charge in [0.05, 0.1) is 0 Å². The monoisotopic (exact) mass is 267 g/mol. The minimum atomic E-state index is 0.784. The SMILES string of the molecule is c1ccc(Cc2ccccc2OCCN2CCC2)cc1. The molecule has 1 heterocycles. The van der Waals surface area contributed by atoms with Crippen molar-refractivity contribution in [3.8, 4) is 5.75 Å². The van der Waals surface area contributed by atoms with Crippen molar-refractivity contribution in [1.82, 2.24) is 4.90 Å². The summed E-state index contributed by atoms with van der Waals surface area (Å²) in [5.74, 6) is 1.02. The average molecular weight is 267 g/mol. The van der Waals surface area contributed by atoms with Gasteiger partial charge in [-0.2, -0.15) is 0 Å². The van der Waals surface area contributed by atoms with E-state index >= 15 is 0 Å². The van der Waals surface area contributed by atoms with Crippen molar-refractivity contribution in [3.63, 3.8) is 0 Å². The van der Waals surface area contributed by atoms with Crippen LogP contribution in [0.2, 0.25) is 0 Å². The predicted octanol–water partition coefficient (Wildman–Crippen LogP) is 3.36. The molecule has 0 saturated carbocycles. The van der Waals surface area contributed by atoms with Crippen LogP contribution in [-0.4, -0.2) is 31.1 Å². The summed E-state index contributed by atoms with van der Waals surface area (Å²) in [4.78, 5) is 2.43. The van der Waals surface area contributed by atoms with Crippen LogP contribution in [0.5, 0.6) is 5.75 Å². The summed E-state index contributed by atoms with van der Waals surface area (Å²) in [5.41, 5.74) is 2.59. The fourth-order valence-corrected chi connectivity index (χ4v) is 2.50. The highest BCUT2D eigenvalue weighted by molar-refractivity contribution is 5.37. The molecule has 0 radical (unpaired) electrons. The molecule has 0 spiro atoms. The molecule has 0 amide bonds. The second kappa shape index (κ2) is 6.58. The molecule has 1 saturated heterocycles. The van der Waals surface area contributed by atoms with E-state index in [0.717, 1.165) is 25.3 Å². The number of likely N-dealkylation sites (tertiary alicyclic amines) is 1. The highest BCUT2D eigenvalue weighted by Crippen LogP contribution is 2.21. The molecule has 2 aromatic carbocycles. The van der Waals surface area contributed by atoms with Crippen molar-refractivity contribution in [2.45, 2.75) is 12.8 Å². The molecule has 0 atom stereocenters. The minimum Gasteiger partial charge on any atom is -0.492 e. The Morgan fingerprint density at radius 3 is 2.40 bits per heavy atom. The number of benzene rings is 2. The Bertz CT molecular complexity index is 534. The third-order valence-corrected chi connectivity index (χ3v) is 3.82. The maximum Gasteiger partial charge on any atom is 0.122 e. The van der Waals surface area contributed by atoms with Gasteiger partial charge in [0.25, 0.3) is 0 Å². The van der Waals surface area contributed by atoms with Crippen LogP contribution >= 0.6 is 0 Å². The number of nitrogens with zero attached hydrogens (tertiary/aromatic N) is 1. The number of hydrogen-bond donors (Lipinski definition) is 0. The van der Waals surface area contributed by atoms with Crippen molar-refractivity contribution in [2.24, 2.45) is 0 Å². The van der Waals surface area contributed by atoms with E-state index in [4.69, 9.17) is 4.74 Å². The maximum absolute atomic E-state index is 5.97. The first-order chi connectivity index (χ1) is 9.92. The fraction of sp³-hybridized carbons (Fsp3) is 0.333. The van der Waals surface area contributed by atoms with E-state index < -0.39 is 0 Å². The normalized spacial score (nSPS) is 14.8. The van der Waals surface area contributed by atoms with Crippen molar-refractivity contribution >= 4 is 0 Å². The largest absolute Gasteiger partial charge is 0.492 e. The van der Waals surface area contributed by atoms with Crippen LogP contribution < -0.4 is 4.74 Å². The van der Waals surface area contributed by atoms with E-state index in [1.165, 1.54) is 30.6 Å². The van der Waals surface area contributed by atoms with Gasteiger partial charge >= 0.3 is 0 Å². The Morgan fingerprint density at radius 1 is 0.900 bits per heavy atom. The van der Waals surface area contributed by atoms with Crippen molar-refractivity contribution < 1.29 is 4.74 Å². The second-order valence-corrected chi connectivity index (χ2v) is 5.31. The molecule has 0 bridgehead atoms. The van der Waals surface area contributed by atoms with Crippen LogP contribution in [0.3, 0.4) is 0 Å². The van der Waals surface area contributed by atoms with Crippen LogP contribution in [0.15, 0.2) is 54.6 Å². The van der Waals surface area contributed by atoms with Crippen molar-refractivity contribution in [1.29, 1.82) is 0 Å². The van der Waals surface area contributed by atoms with Gasteiger partial charge < -0.3 is 4.74 Å². The van der Waals surface area contributed by atoms with Gasteiger partial charge in [-0.3, -0.25) is 4.90 Å². The van der Waals surface area contributed by atoms with Gasteiger partial charge in [-0.05, 0) is 36.7 Å². The molecule has 1 fully saturated rings. The van der Waals surface area contributed by atoms with Crippen LogP contribution in [0.1, 0.15) is 17.5 Å². The predicted molar refractivity (Wildman–Crippen MR) is 82.2 cm³/mol. The smallest absolute Gasteiger partial charge is 0.122 e. The molecular weight excluding hydrogens is 246 g/mol. The lowest BCUT2D eigenvalue weighted by atomic mass is 10.0. The topological polar surface area (TPSA) is 12.5 Å². The molecule has 2 aromatic rings. The van der Waals surface area contributed by atoms with Crippen molar-refractivity contribution in [3.05, 3.63) is 65.7 Å². The summed E-state index contributed by atoms with van der Waals surface area (Å²) in [5, 5.41) is 0. The molecule has 0 unspecified atom stereocenters. The molecule has 2 heteroatoms. The quantitative estimate of drug-likeness (QED) is 0.795. The van der Waals surface area contributed by atoms with Gasteiger partial charge in [0.15, 0.2) is 0 Å². The summed E-state index contributed by atoms with van der Waals surface area (Å²) in [6.45, 7) is 4.29. The van der Waals surface area contributed by atoms with Crippen molar-refractivity contribution in [2.75, 3.05) is 26.2 Å². The number of rotatable bonds is 6. The molecule has 104 valence electrons. The van der Waals surface area contributed by atoms with E-state index in [1.54, 1.807) is 0 Å². The van der Waals surface area contributed by atoms with E-state index in [9.17, 15) is 0 Å². The summed E-state index contributed by atoms with van der Waals surface area (Å²) in [6.07, 6.45) is 2.27. The molecule has 1 aliphatic heterocycles. The van der Waals surface area contributed by atoms with Crippen LogP contribution in [0.25, 0.3) is 0 Å². The standard InChI is InChI=1S/C18H21NO/c1-2-7-16(8-3-1)15-17-9-4-5-10-18(17)20-14-13-19-11-6-12-19/h1-5,7-10H,6,11-15H2. The Hall–Kier alpha value is -1.80. The Labute approximate surface area is 121 Å².